The summed E-state index contributed by atoms with van der Waals surface area (Å²) in [5.41, 5.74) is 0. The van der Waals surface area contributed by atoms with Crippen LogP contribution in [0.25, 0.3) is 0 Å². The van der Waals surface area contributed by atoms with Crippen molar-refractivity contribution in [1.29, 1.82) is 0 Å². The summed E-state index contributed by atoms with van der Waals surface area (Å²) in [6, 6.07) is -1.45. The van der Waals surface area contributed by atoms with E-state index in [0.717, 1.165) is 77.5 Å². The summed E-state index contributed by atoms with van der Waals surface area (Å²) in [7, 11) is -3.98. The van der Waals surface area contributed by atoms with Gasteiger partial charge in [-0.1, -0.05) is 0 Å². The minimum atomic E-state index is -3.98. The van der Waals surface area contributed by atoms with E-state index in [-0.39, 0.29) is 54.7 Å². The monoisotopic (exact) mass is 637 g/mol. The second kappa shape index (κ2) is 20.1. The Hall–Kier alpha value is -0.890. The lowest BCUT2D eigenvalue weighted by molar-refractivity contribution is -0.150. The number of carboxylic acids is 1. The number of hydrogen-bond acceptors (Lipinski definition) is 7. The number of carbonyl (C=O) groups is 3. The van der Waals surface area contributed by atoms with E-state index in [2.05, 4.69) is 20.8 Å². The third-order valence-corrected chi connectivity index (χ3v) is 8.91. The number of carboxylic acid groups (broad SMARTS) is 1. The quantitative estimate of drug-likeness (QED) is 0.127. The summed E-state index contributed by atoms with van der Waals surface area (Å²) in [4.78, 5) is 39.6. The van der Waals surface area contributed by atoms with Crippen molar-refractivity contribution in [2.75, 3.05) is 44.4 Å². The Bertz CT molecular complexity index is 820. The SMILES string of the molecule is CC(C(=O)O)N(NS(=O)(=O)CCCCl)C(=O)CNC(=O)C(CCC1CCNCC1)CCC1CCNCC1.Cl.Cl. The Kier molecular flexibility index (Phi) is 19.6. The topological polar surface area (TPSA) is 157 Å². The molecule has 2 aliphatic heterocycles. The summed E-state index contributed by atoms with van der Waals surface area (Å²) >= 11 is 5.56. The van der Waals surface area contributed by atoms with Gasteiger partial charge in [0.1, 0.15) is 6.04 Å². The number of amides is 2. The second-order valence-corrected chi connectivity index (χ2v) is 12.4. The number of alkyl halides is 1. The van der Waals surface area contributed by atoms with E-state index < -0.39 is 34.5 Å². The fourth-order valence-corrected chi connectivity index (χ4v) is 6.38. The fraction of sp³-hybridized carbons (Fsp3) is 0.875. The van der Waals surface area contributed by atoms with Gasteiger partial charge < -0.3 is 21.1 Å². The van der Waals surface area contributed by atoms with Crippen molar-refractivity contribution in [3.05, 3.63) is 0 Å². The first-order valence-electron chi connectivity index (χ1n) is 13.4. The molecule has 0 aromatic carbocycles. The van der Waals surface area contributed by atoms with Gasteiger partial charge in [0.15, 0.2) is 0 Å². The molecule has 0 spiro atoms. The Morgan fingerprint density at radius 3 is 1.90 bits per heavy atom. The molecular weight excluding hydrogens is 593 g/mol. The Balaban J connectivity index is 0.00000722. The number of hydrogen-bond donors (Lipinski definition) is 5. The lowest BCUT2D eigenvalue weighted by Gasteiger charge is -2.28. The van der Waals surface area contributed by atoms with Crippen molar-refractivity contribution in [3.63, 3.8) is 0 Å². The molecule has 0 saturated carbocycles. The van der Waals surface area contributed by atoms with Crippen LogP contribution in [-0.4, -0.2) is 86.7 Å². The summed E-state index contributed by atoms with van der Waals surface area (Å²) in [6.45, 7) is 4.67. The van der Waals surface area contributed by atoms with Crippen LogP contribution in [0.3, 0.4) is 0 Å². The third-order valence-electron chi connectivity index (χ3n) is 7.35. The number of sulfonamides is 1. The van der Waals surface area contributed by atoms with E-state index in [1.54, 1.807) is 0 Å². The van der Waals surface area contributed by atoms with Crippen molar-refractivity contribution in [2.45, 2.75) is 70.8 Å². The Morgan fingerprint density at radius 1 is 0.974 bits per heavy atom. The molecule has 0 bridgehead atoms. The first-order chi connectivity index (χ1) is 17.6. The zero-order valence-electron chi connectivity index (χ0n) is 22.7. The van der Waals surface area contributed by atoms with Crippen LogP contribution in [0.5, 0.6) is 0 Å². The average Bonchev–Trinajstić information content (AvgIpc) is 2.89. The van der Waals surface area contributed by atoms with Gasteiger partial charge in [-0.25, -0.2) is 18.2 Å². The molecule has 2 fully saturated rings. The highest BCUT2D eigenvalue weighted by molar-refractivity contribution is 7.89. The molecule has 0 aromatic heterocycles. The van der Waals surface area contributed by atoms with Crippen LogP contribution in [0.15, 0.2) is 0 Å². The molecule has 2 heterocycles. The molecule has 1 unspecified atom stereocenters. The van der Waals surface area contributed by atoms with Gasteiger partial charge in [-0.05, 0) is 103 Å². The minimum Gasteiger partial charge on any atom is -0.480 e. The lowest BCUT2D eigenvalue weighted by Crippen LogP contribution is -2.56. The molecular formula is C24H46Cl3N5O6S. The van der Waals surface area contributed by atoms with Gasteiger partial charge in [-0.2, -0.15) is 0 Å². The van der Waals surface area contributed by atoms with Crippen LogP contribution in [-0.2, 0) is 24.4 Å². The molecule has 0 aromatic rings. The Morgan fingerprint density at radius 2 is 1.46 bits per heavy atom. The van der Waals surface area contributed by atoms with Crippen LogP contribution in [0, 0.1) is 17.8 Å². The summed E-state index contributed by atoms with van der Waals surface area (Å²) in [5, 5.41) is 19.3. The highest BCUT2D eigenvalue weighted by Crippen LogP contribution is 2.26. The number of nitrogens with one attached hydrogen (secondary N) is 4. The van der Waals surface area contributed by atoms with Crippen LogP contribution < -0.4 is 20.8 Å². The molecule has 0 radical (unpaired) electrons. The molecule has 230 valence electrons. The van der Waals surface area contributed by atoms with Gasteiger partial charge in [-0.3, -0.25) is 9.59 Å². The number of aliphatic carboxylic acids is 1. The van der Waals surface area contributed by atoms with Gasteiger partial charge in [0, 0.05) is 11.8 Å². The molecule has 2 amide bonds. The van der Waals surface area contributed by atoms with Crippen molar-refractivity contribution in [3.8, 4) is 0 Å². The molecule has 11 nitrogen and oxygen atoms in total. The predicted octanol–water partition coefficient (Wildman–Crippen LogP) is 1.89. The van der Waals surface area contributed by atoms with Crippen molar-refractivity contribution in [2.24, 2.45) is 17.8 Å². The maximum atomic E-state index is 13.2. The molecule has 0 aliphatic carbocycles. The smallest absolute Gasteiger partial charge is 0.327 e. The largest absolute Gasteiger partial charge is 0.480 e. The third kappa shape index (κ3) is 14.5. The van der Waals surface area contributed by atoms with Crippen LogP contribution >= 0.6 is 36.4 Å². The molecule has 2 saturated heterocycles. The number of hydrazine groups is 1. The van der Waals surface area contributed by atoms with E-state index in [4.69, 9.17) is 11.6 Å². The first kappa shape index (κ1) is 38.1. The number of halogens is 3. The predicted molar refractivity (Wildman–Crippen MR) is 157 cm³/mol. The maximum Gasteiger partial charge on any atom is 0.327 e. The molecule has 15 heteroatoms. The molecule has 1 atom stereocenters. The number of rotatable bonds is 16. The summed E-state index contributed by atoms with van der Waals surface area (Å²) < 4.78 is 24.6. The zero-order chi connectivity index (χ0) is 27.3. The van der Waals surface area contributed by atoms with E-state index in [1.165, 1.54) is 6.92 Å². The molecule has 39 heavy (non-hydrogen) atoms. The summed E-state index contributed by atoms with van der Waals surface area (Å²) in [5.74, 6) is -1.80. The van der Waals surface area contributed by atoms with Gasteiger partial charge >= 0.3 is 5.97 Å². The van der Waals surface area contributed by atoms with E-state index >= 15 is 0 Å². The number of nitrogens with zero attached hydrogens (tertiary/aromatic N) is 1. The molecule has 2 rings (SSSR count). The molecule has 2 aliphatic rings. The van der Waals surface area contributed by atoms with E-state index in [0.29, 0.717) is 16.8 Å². The highest BCUT2D eigenvalue weighted by atomic mass is 35.5. The van der Waals surface area contributed by atoms with Gasteiger partial charge in [-0.15, -0.1) is 41.2 Å². The minimum absolute atomic E-state index is 0. The Labute approximate surface area is 250 Å². The van der Waals surface area contributed by atoms with Gasteiger partial charge in [0.05, 0.1) is 12.3 Å². The lowest BCUT2D eigenvalue weighted by atomic mass is 9.84. The van der Waals surface area contributed by atoms with Crippen molar-refractivity contribution >= 4 is 64.2 Å². The van der Waals surface area contributed by atoms with E-state index in [1.807, 2.05) is 0 Å². The molecule has 5 N–H and O–H groups in total. The van der Waals surface area contributed by atoms with Crippen molar-refractivity contribution < 1.29 is 27.9 Å². The maximum absolute atomic E-state index is 13.2. The van der Waals surface area contributed by atoms with Crippen LogP contribution in [0.4, 0.5) is 0 Å². The first-order valence-corrected chi connectivity index (χ1v) is 15.6. The van der Waals surface area contributed by atoms with Crippen LogP contribution in [0.2, 0.25) is 0 Å². The summed E-state index contributed by atoms with van der Waals surface area (Å²) in [6.07, 6.45) is 7.86. The average molecular weight is 639 g/mol. The fourth-order valence-electron chi connectivity index (χ4n) is 4.91. The van der Waals surface area contributed by atoms with Crippen molar-refractivity contribution in [1.82, 2.24) is 25.8 Å². The van der Waals surface area contributed by atoms with Gasteiger partial charge in [0.25, 0.3) is 5.91 Å². The normalized spacial score (nSPS) is 17.5. The van der Waals surface area contributed by atoms with E-state index in [9.17, 15) is 27.9 Å². The number of piperidine rings is 2. The standard InChI is InChI=1S/C24H44ClN5O6S.2ClH/c1-18(24(33)34)30(29-37(35,36)16-2-11-25)22(31)17-28-23(32)21(5-3-19-7-12-26-13-8-19)6-4-20-9-14-27-15-10-20;;/h18-21,26-27,29H,2-17H2,1H3,(H,28,32)(H,33,34);2*1H. The highest BCUT2D eigenvalue weighted by Gasteiger charge is 2.31. The number of carbonyl (C=O) groups excluding carboxylic acids is 2. The van der Waals surface area contributed by atoms with Gasteiger partial charge in [0.2, 0.25) is 15.9 Å². The zero-order valence-corrected chi connectivity index (χ0v) is 25.9. The van der Waals surface area contributed by atoms with Crippen LogP contribution in [0.1, 0.15) is 64.7 Å². The second-order valence-electron chi connectivity index (χ2n) is 10.2.